The summed E-state index contributed by atoms with van der Waals surface area (Å²) in [5.41, 5.74) is 4.93. The van der Waals surface area contributed by atoms with Crippen molar-refractivity contribution in [3.63, 3.8) is 0 Å². The molecule has 0 fully saturated rings. The summed E-state index contributed by atoms with van der Waals surface area (Å²) >= 11 is 10.6. The molecule has 7 heteroatoms. The van der Waals surface area contributed by atoms with Crippen LogP contribution >= 0.6 is 30.9 Å². The fraction of sp³-hybridized carbons (Fsp3) is 1.00. The molecular weight excluding hydrogens is 212 g/mol. The number of rotatable bonds is 5. The third-order valence-corrected chi connectivity index (χ3v) is 2.38. The van der Waals surface area contributed by atoms with Crippen molar-refractivity contribution >= 4 is 30.9 Å². The lowest BCUT2D eigenvalue weighted by molar-refractivity contribution is 0.368. The van der Waals surface area contributed by atoms with Crippen molar-refractivity contribution in [2.75, 3.05) is 24.8 Å². The van der Waals surface area contributed by atoms with Crippen molar-refractivity contribution in [2.45, 2.75) is 0 Å². The lowest BCUT2D eigenvalue weighted by Crippen LogP contribution is -2.28. The highest BCUT2D eigenvalue weighted by molar-refractivity contribution is 7.52. The second kappa shape index (κ2) is 5.36. The monoisotopic (exact) mass is 226 g/mol. The maximum absolute atomic E-state index is 11.0. The highest BCUT2D eigenvalue weighted by Gasteiger charge is 2.21. The second-order valence-corrected chi connectivity index (χ2v) is 4.13. The average Bonchev–Trinajstić information content (AvgIpc) is 1.81. The van der Waals surface area contributed by atoms with E-state index in [1.807, 2.05) is 0 Å². The molecule has 0 spiro atoms. The van der Waals surface area contributed by atoms with E-state index < -0.39 is 19.4 Å². The van der Waals surface area contributed by atoms with Crippen LogP contribution in [0.1, 0.15) is 2.74 Å². The zero-order valence-corrected chi connectivity index (χ0v) is 8.06. The Hall–Kier alpha value is 0.690. The molecule has 0 aromatic rings. The Balaban J connectivity index is 4.29. The van der Waals surface area contributed by atoms with E-state index in [2.05, 4.69) is 0 Å². The van der Waals surface area contributed by atoms with Crippen molar-refractivity contribution in [2.24, 2.45) is 5.50 Å². The predicted molar refractivity (Wildman–Crippen MR) is 47.0 cm³/mol. The molecule has 0 aliphatic rings. The third-order valence-electron chi connectivity index (χ3n) is 0.965. The normalized spacial score (nSPS) is 25.2. The van der Waals surface area contributed by atoms with Gasteiger partial charge in [-0.2, -0.15) is 0 Å². The highest BCUT2D eigenvalue weighted by atomic mass is 35.5. The minimum atomic E-state index is -3.96. The summed E-state index contributed by atoms with van der Waals surface area (Å²) in [4.78, 5) is 8.95. The van der Waals surface area contributed by atoms with E-state index in [0.29, 0.717) is 0 Å². The molecule has 0 rings (SSSR count). The van der Waals surface area contributed by atoms with Crippen LogP contribution in [0.2, 0.25) is 0 Å². The first kappa shape index (κ1) is 8.30. The predicted octanol–water partition coefficient (Wildman–Crippen LogP) is 0.825. The molecular formula is C4H11Cl2N2O2P. The average molecular weight is 227 g/mol. The van der Waals surface area contributed by atoms with E-state index in [-0.39, 0.29) is 13.1 Å². The van der Waals surface area contributed by atoms with E-state index in [9.17, 15) is 4.57 Å². The quantitative estimate of drug-likeness (QED) is 0.539. The third kappa shape index (κ3) is 5.01. The van der Waals surface area contributed by atoms with E-state index in [4.69, 9.17) is 36.3 Å². The van der Waals surface area contributed by atoms with Gasteiger partial charge in [-0.3, -0.25) is 4.57 Å². The van der Waals surface area contributed by atoms with Crippen LogP contribution in [-0.2, 0) is 4.57 Å². The summed E-state index contributed by atoms with van der Waals surface area (Å²) in [5, 5.41) is 0. The summed E-state index contributed by atoms with van der Waals surface area (Å²) < 4.78 is 25.7. The van der Waals surface area contributed by atoms with Crippen LogP contribution in [-0.4, -0.2) is 34.4 Å². The Morgan fingerprint density at radius 2 is 1.91 bits per heavy atom. The van der Waals surface area contributed by atoms with E-state index >= 15 is 0 Å². The van der Waals surface area contributed by atoms with E-state index in [0.717, 1.165) is 4.67 Å². The minimum absolute atomic E-state index is 0.200. The smallest absolute Gasteiger partial charge is 0.322 e. The van der Waals surface area contributed by atoms with Gasteiger partial charge in [0.05, 0.1) is 0 Å². The topological polar surface area (TPSA) is 66.6 Å². The van der Waals surface area contributed by atoms with Gasteiger partial charge in [0, 0.05) is 27.5 Å². The van der Waals surface area contributed by atoms with Crippen LogP contribution < -0.4 is 5.50 Å². The SMILES string of the molecule is [3H]C(Cl)CN(CC([3H])Cl)[33P](N)(=O)O. The van der Waals surface area contributed by atoms with Crippen molar-refractivity contribution in [3.8, 4) is 0 Å². The second-order valence-electron chi connectivity index (χ2n) is 1.77. The van der Waals surface area contributed by atoms with Gasteiger partial charge in [0.1, 0.15) is 0 Å². The lowest BCUT2D eigenvalue weighted by Gasteiger charge is -2.21. The van der Waals surface area contributed by atoms with Gasteiger partial charge < -0.3 is 4.89 Å². The lowest BCUT2D eigenvalue weighted by atomic mass is 10.7. The molecule has 4 nitrogen and oxygen atoms in total. The summed E-state index contributed by atoms with van der Waals surface area (Å²) in [6.45, 7) is -0.401. The number of hydrogen-bond acceptors (Lipinski definition) is 1. The van der Waals surface area contributed by atoms with E-state index in [1.54, 1.807) is 0 Å². The summed E-state index contributed by atoms with van der Waals surface area (Å²) in [6, 6.07) is 0. The molecule has 0 aromatic carbocycles. The fourth-order valence-electron chi connectivity index (χ4n) is 0.468. The summed E-state index contributed by atoms with van der Waals surface area (Å²) in [6.07, 6.45) is 0. The van der Waals surface area contributed by atoms with E-state index in [1.165, 1.54) is 0 Å². The van der Waals surface area contributed by atoms with Crippen LogP contribution in [0.25, 0.3) is 0 Å². The van der Waals surface area contributed by atoms with Crippen LogP contribution in [0, 0.1) is 0 Å². The molecule has 0 aliphatic carbocycles. The Kier molecular flexibility index (Phi) is 4.04. The van der Waals surface area contributed by atoms with Gasteiger partial charge in [0.15, 0.2) is 0 Å². The first-order chi connectivity index (χ1) is 5.73. The number of halogens is 2. The molecule has 3 N–H and O–H groups in total. The number of nitrogens with two attached hydrogens (primary N) is 1. The zero-order chi connectivity index (χ0) is 10.6. The van der Waals surface area contributed by atoms with Crippen molar-refractivity contribution < 1.29 is 12.2 Å². The molecule has 0 amide bonds. The molecule has 0 radical (unpaired) electrons. The maximum Gasteiger partial charge on any atom is 0.338 e. The number of alkyl halides is 2. The molecule has 11 heavy (non-hydrogen) atoms. The van der Waals surface area contributed by atoms with Gasteiger partial charge >= 0.3 is 7.67 Å². The molecule has 68 valence electrons. The van der Waals surface area contributed by atoms with Crippen LogP contribution in [0.5, 0.6) is 0 Å². The molecule has 0 heterocycles. The van der Waals surface area contributed by atoms with Gasteiger partial charge in [0.25, 0.3) is 0 Å². The highest BCUT2D eigenvalue weighted by Crippen LogP contribution is 2.34. The van der Waals surface area contributed by atoms with Crippen molar-refractivity contribution in [1.82, 2.24) is 4.67 Å². The Bertz CT molecular complexity index is 191. The minimum Gasteiger partial charge on any atom is -0.322 e. The van der Waals surface area contributed by atoms with Crippen LogP contribution in [0.15, 0.2) is 0 Å². The number of hydrogen-bond donors (Lipinski definition) is 2. The molecule has 0 saturated heterocycles. The van der Waals surface area contributed by atoms with Gasteiger partial charge in [-0.15, -0.1) is 23.2 Å². The first-order valence-corrected chi connectivity index (χ1v) is 5.28. The summed E-state index contributed by atoms with van der Waals surface area (Å²) in [7, 11) is -3.96. The van der Waals surface area contributed by atoms with Crippen molar-refractivity contribution in [3.05, 3.63) is 0 Å². The molecule has 3 atom stereocenters. The Morgan fingerprint density at radius 1 is 1.55 bits per heavy atom. The standard InChI is InChI=1S/C4H11Cl2N2O2P/c5-1-3-8(4-2-6)11(7,9)10/h1-4H2,(H3,7,9,10)/i1T,2T,11+2. The molecule has 0 aliphatic heterocycles. The molecule has 0 saturated carbocycles. The van der Waals surface area contributed by atoms with Gasteiger partial charge in [-0.1, -0.05) is 0 Å². The fourth-order valence-corrected chi connectivity index (χ4v) is 1.62. The van der Waals surface area contributed by atoms with Gasteiger partial charge in [0.2, 0.25) is 0 Å². The first-order valence-electron chi connectivity index (χ1n) is 3.88. The number of nitrogens with zero attached hydrogens (tertiary/aromatic N) is 1. The molecule has 3 unspecified atom stereocenters. The van der Waals surface area contributed by atoms with Crippen LogP contribution in [0.3, 0.4) is 0 Å². The van der Waals surface area contributed by atoms with Crippen LogP contribution in [0.4, 0.5) is 0 Å². The maximum atomic E-state index is 11.0. The molecule has 0 aromatic heterocycles. The van der Waals surface area contributed by atoms with Crippen molar-refractivity contribution in [1.29, 1.82) is 0 Å². The molecule has 0 bridgehead atoms. The Labute approximate surface area is 78.6 Å². The zero-order valence-electron chi connectivity index (χ0n) is 7.65. The van der Waals surface area contributed by atoms with Gasteiger partial charge in [-0.05, 0) is 0 Å². The Morgan fingerprint density at radius 3 is 2.09 bits per heavy atom. The summed E-state index contributed by atoms with van der Waals surface area (Å²) in [5.74, 6) is -2.14. The largest absolute Gasteiger partial charge is 0.338 e. The van der Waals surface area contributed by atoms with Gasteiger partial charge in [-0.25, -0.2) is 10.2 Å².